The van der Waals surface area contributed by atoms with Crippen molar-refractivity contribution in [2.24, 2.45) is 4.99 Å². The third kappa shape index (κ3) is 6.86. The number of nitrogens with one attached hydrogen (secondary N) is 2. The lowest BCUT2D eigenvalue weighted by Crippen LogP contribution is -2.48. The predicted octanol–water partition coefficient (Wildman–Crippen LogP) is 2.59. The molecule has 160 valence electrons. The summed E-state index contributed by atoms with van der Waals surface area (Å²) in [6, 6.07) is 0.538. The Labute approximate surface area is 187 Å². The van der Waals surface area contributed by atoms with Crippen molar-refractivity contribution < 1.29 is 0 Å². The van der Waals surface area contributed by atoms with Crippen molar-refractivity contribution in [3.05, 3.63) is 11.6 Å². The Morgan fingerprint density at radius 1 is 1.14 bits per heavy atom. The van der Waals surface area contributed by atoms with E-state index < -0.39 is 0 Å². The van der Waals surface area contributed by atoms with E-state index in [9.17, 15) is 0 Å². The highest BCUT2D eigenvalue weighted by Crippen LogP contribution is 2.15. The minimum atomic E-state index is 0. The second kappa shape index (κ2) is 12.6. The van der Waals surface area contributed by atoms with Gasteiger partial charge in [0.2, 0.25) is 0 Å². The molecule has 0 atom stereocenters. The van der Waals surface area contributed by atoms with Gasteiger partial charge in [-0.1, -0.05) is 13.3 Å². The first-order chi connectivity index (χ1) is 13.3. The van der Waals surface area contributed by atoms with Gasteiger partial charge in [-0.25, -0.2) is 0 Å². The highest BCUT2D eigenvalue weighted by atomic mass is 127. The van der Waals surface area contributed by atoms with Crippen LogP contribution in [-0.4, -0.2) is 64.9 Å². The van der Waals surface area contributed by atoms with E-state index in [1.807, 2.05) is 7.05 Å². The van der Waals surface area contributed by atoms with Crippen LogP contribution in [-0.2, 0) is 19.4 Å². The number of likely N-dealkylation sites (tertiary alicyclic amines) is 1. The molecule has 8 heteroatoms. The lowest BCUT2D eigenvalue weighted by molar-refractivity contribution is 0.206. The molecular weight excluding hydrogens is 465 g/mol. The Bertz CT molecular complexity index is 593. The van der Waals surface area contributed by atoms with Gasteiger partial charge >= 0.3 is 0 Å². The summed E-state index contributed by atoms with van der Waals surface area (Å²) in [5.74, 6) is 3.27. The third-order valence-corrected chi connectivity index (χ3v) is 5.75. The molecule has 0 aromatic carbocycles. The molecule has 0 spiro atoms. The smallest absolute Gasteiger partial charge is 0.191 e. The summed E-state index contributed by atoms with van der Waals surface area (Å²) in [4.78, 5) is 6.97. The SMILES string of the molecule is CCCN1CCC(NC(=NC)NCCCc2nnc3n2CCCCC3)CC1.I. The van der Waals surface area contributed by atoms with Crippen molar-refractivity contribution in [1.29, 1.82) is 0 Å². The number of fused-ring (bicyclic) bond motifs is 1. The second-order valence-corrected chi connectivity index (χ2v) is 7.86. The van der Waals surface area contributed by atoms with Crippen LogP contribution in [0.3, 0.4) is 0 Å². The number of aliphatic imine (C=N–C) groups is 1. The summed E-state index contributed by atoms with van der Waals surface area (Å²) < 4.78 is 2.35. The van der Waals surface area contributed by atoms with E-state index in [1.165, 1.54) is 64.0 Å². The first-order valence-corrected chi connectivity index (χ1v) is 10.9. The summed E-state index contributed by atoms with van der Waals surface area (Å²) >= 11 is 0. The number of hydrogen-bond acceptors (Lipinski definition) is 4. The molecule has 28 heavy (non-hydrogen) atoms. The minimum Gasteiger partial charge on any atom is -0.356 e. The number of piperidine rings is 1. The quantitative estimate of drug-likeness (QED) is 0.259. The molecule has 1 fully saturated rings. The molecule has 1 aromatic heterocycles. The number of halogens is 1. The van der Waals surface area contributed by atoms with Crippen molar-refractivity contribution in [2.45, 2.75) is 77.3 Å². The predicted molar refractivity (Wildman–Crippen MR) is 126 cm³/mol. The van der Waals surface area contributed by atoms with Crippen molar-refractivity contribution in [2.75, 3.05) is 33.2 Å². The number of aromatic nitrogens is 3. The van der Waals surface area contributed by atoms with Gasteiger partial charge in [0.05, 0.1) is 0 Å². The minimum absolute atomic E-state index is 0. The fourth-order valence-corrected chi connectivity index (χ4v) is 4.19. The molecule has 0 amide bonds. The summed E-state index contributed by atoms with van der Waals surface area (Å²) in [5, 5.41) is 15.9. The van der Waals surface area contributed by atoms with Gasteiger partial charge < -0.3 is 20.1 Å². The van der Waals surface area contributed by atoms with E-state index in [0.29, 0.717) is 6.04 Å². The molecule has 2 N–H and O–H groups in total. The first kappa shape index (κ1) is 23.4. The van der Waals surface area contributed by atoms with Crippen LogP contribution >= 0.6 is 24.0 Å². The van der Waals surface area contributed by atoms with Crippen LogP contribution in [0.5, 0.6) is 0 Å². The fourth-order valence-electron chi connectivity index (χ4n) is 4.19. The number of rotatable bonds is 7. The maximum Gasteiger partial charge on any atom is 0.191 e. The van der Waals surface area contributed by atoms with Crippen LogP contribution in [0.15, 0.2) is 4.99 Å². The Kier molecular flexibility index (Phi) is 10.5. The van der Waals surface area contributed by atoms with Crippen LogP contribution in [0.25, 0.3) is 0 Å². The van der Waals surface area contributed by atoms with Crippen molar-refractivity contribution in [3.8, 4) is 0 Å². The molecule has 0 radical (unpaired) electrons. The highest BCUT2D eigenvalue weighted by Gasteiger charge is 2.19. The second-order valence-electron chi connectivity index (χ2n) is 7.86. The molecular formula is C20H38IN7. The van der Waals surface area contributed by atoms with Gasteiger partial charge in [-0.2, -0.15) is 0 Å². The average Bonchev–Trinajstić information content (AvgIpc) is 2.92. The van der Waals surface area contributed by atoms with Crippen LogP contribution in [0, 0.1) is 0 Å². The van der Waals surface area contributed by atoms with Crippen LogP contribution < -0.4 is 10.6 Å². The van der Waals surface area contributed by atoms with Gasteiger partial charge in [0, 0.05) is 52.1 Å². The van der Waals surface area contributed by atoms with Gasteiger partial charge in [-0.05, 0) is 45.1 Å². The normalized spacial score (nSPS) is 18.9. The topological polar surface area (TPSA) is 70.4 Å². The summed E-state index contributed by atoms with van der Waals surface area (Å²) in [7, 11) is 1.86. The Morgan fingerprint density at radius 3 is 2.71 bits per heavy atom. The zero-order valence-corrected chi connectivity index (χ0v) is 20.0. The first-order valence-electron chi connectivity index (χ1n) is 10.9. The van der Waals surface area contributed by atoms with E-state index in [-0.39, 0.29) is 24.0 Å². The van der Waals surface area contributed by atoms with Crippen LogP contribution in [0.1, 0.15) is 63.5 Å². The van der Waals surface area contributed by atoms with Gasteiger partial charge in [-0.15, -0.1) is 34.2 Å². The molecule has 1 aromatic rings. The largest absolute Gasteiger partial charge is 0.356 e. The third-order valence-electron chi connectivity index (χ3n) is 5.75. The molecule has 3 rings (SSSR count). The van der Waals surface area contributed by atoms with Crippen molar-refractivity contribution in [1.82, 2.24) is 30.3 Å². The molecule has 2 aliphatic heterocycles. The molecule has 0 saturated carbocycles. The fraction of sp³-hybridized carbons (Fsp3) is 0.850. The van der Waals surface area contributed by atoms with Gasteiger partial charge in [0.15, 0.2) is 5.96 Å². The van der Waals surface area contributed by atoms with Crippen LogP contribution in [0.2, 0.25) is 0 Å². The van der Waals surface area contributed by atoms with Crippen molar-refractivity contribution in [3.63, 3.8) is 0 Å². The lowest BCUT2D eigenvalue weighted by Gasteiger charge is -2.32. The van der Waals surface area contributed by atoms with E-state index >= 15 is 0 Å². The molecule has 0 bridgehead atoms. The molecule has 7 nitrogen and oxygen atoms in total. The van der Waals surface area contributed by atoms with Gasteiger partial charge in [0.1, 0.15) is 11.6 Å². The molecule has 0 unspecified atom stereocenters. The van der Waals surface area contributed by atoms with E-state index in [0.717, 1.165) is 44.1 Å². The molecule has 0 aliphatic carbocycles. The average molecular weight is 503 g/mol. The number of hydrogen-bond donors (Lipinski definition) is 2. The monoisotopic (exact) mass is 503 g/mol. The Balaban J connectivity index is 0.00000280. The molecule has 3 heterocycles. The zero-order valence-electron chi connectivity index (χ0n) is 17.6. The molecule has 1 saturated heterocycles. The number of aryl methyl sites for hydroxylation is 2. The van der Waals surface area contributed by atoms with Crippen LogP contribution in [0.4, 0.5) is 0 Å². The Hall–Kier alpha value is -0.900. The molecule has 2 aliphatic rings. The maximum absolute atomic E-state index is 4.43. The van der Waals surface area contributed by atoms with E-state index in [4.69, 9.17) is 0 Å². The van der Waals surface area contributed by atoms with Crippen molar-refractivity contribution >= 4 is 29.9 Å². The summed E-state index contributed by atoms with van der Waals surface area (Å²) in [5.41, 5.74) is 0. The lowest BCUT2D eigenvalue weighted by atomic mass is 10.1. The number of guanidine groups is 1. The highest BCUT2D eigenvalue weighted by molar-refractivity contribution is 14.0. The van der Waals surface area contributed by atoms with Gasteiger partial charge in [-0.3, -0.25) is 4.99 Å². The summed E-state index contributed by atoms with van der Waals surface area (Å²) in [6.07, 6.45) is 10.6. The maximum atomic E-state index is 4.43. The Morgan fingerprint density at radius 2 is 1.96 bits per heavy atom. The summed E-state index contributed by atoms with van der Waals surface area (Å²) in [6.45, 7) is 7.88. The van der Waals surface area contributed by atoms with E-state index in [2.05, 4.69) is 42.2 Å². The standard InChI is InChI=1S/C20H37N7.HI/c1-3-13-26-15-10-17(11-16-26)23-20(21-2)22-12-7-9-19-25-24-18-8-5-4-6-14-27(18)19;/h17H,3-16H2,1-2H3,(H2,21,22,23);1H. The number of nitrogens with zero attached hydrogens (tertiary/aromatic N) is 5. The zero-order chi connectivity index (χ0) is 18.9. The van der Waals surface area contributed by atoms with E-state index in [1.54, 1.807) is 0 Å². The van der Waals surface area contributed by atoms with Gasteiger partial charge in [0.25, 0.3) is 0 Å².